The molecule has 0 heterocycles. The SMILES string of the molecule is CC(C)(C)c1ccc(C2CCc3ccc([Si](c4ccccc4)c4ccccc4)cc3-c3cc(S(c4ccccc4)(c4ccccc4)c4ccccc4)ccc32)cc1. The van der Waals surface area contributed by atoms with Gasteiger partial charge in [-0.1, -0.05) is 195 Å². The van der Waals surface area contributed by atoms with Crippen molar-refractivity contribution < 1.29 is 0 Å². The van der Waals surface area contributed by atoms with Gasteiger partial charge in [-0.2, -0.15) is 0 Å². The third-order valence-electron chi connectivity index (χ3n) is 11.7. The van der Waals surface area contributed by atoms with Gasteiger partial charge in [0.2, 0.25) is 0 Å². The molecule has 1 aliphatic rings. The highest BCUT2D eigenvalue weighted by Crippen LogP contribution is 2.73. The van der Waals surface area contributed by atoms with Crippen molar-refractivity contribution >= 4 is 34.4 Å². The Kier molecular flexibility index (Phi) is 10.2. The van der Waals surface area contributed by atoms with Crippen molar-refractivity contribution in [2.24, 2.45) is 0 Å². The van der Waals surface area contributed by atoms with E-state index in [1.165, 1.54) is 68.5 Å². The first-order valence-corrected chi connectivity index (χ1v) is 23.4. The van der Waals surface area contributed by atoms with E-state index in [9.17, 15) is 0 Å². The fourth-order valence-corrected chi connectivity index (χ4v) is 15.4. The third-order valence-corrected chi connectivity index (χ3v) is 18.3. The van der Waals surface area contributed by atoms with E-state index in [4.69, 9.17) is 0 Å². The van der Waals surface area contributed by atoms with Crippen LogP contribution in [0.1, 0.15) is 55.4 Å². The maximum Gasteiger partial charge on any atom is 0.154 e. The quantitative estimate of drug-likeness (QED) is 0.107. The first kappa shape index (κ1) is 36.9. The highest BCUT2D eigenvalue weighted by molar-refractivity contribution is 8.34. The summed E-state index contributed by atoms with van der Waals surface area (Å²) in [7, 11) is -3.14. The Bertz CT molecular complexity index is 2440. The van der Waals surface area contributed by atoms with E-state index >= 15 is 0 Å². The van der Waals surface area contributed by atoms with E-state index in [1.807, 2.05) is 0 Å². The summed E-state index contributed by atoms with van der Waals surface area (Å²) >= 11 is 0. The summed E-state index contributed by atoms with van der Waals surface area (Å²) in [5, 5.41) is 4.25. The summed E-state index contributed by atoms with van der Waals surface area (Å²) < 4.78 is 0. The largest absolute Gasteiger partial charge is 0.154 e. The second-order valence-electron chi connectivity index (χ2n) is 16.2. The second kappa shape index (κ2) is 15.7. The topological polar surface area (TPSA) is 0 Å². The Balaban J connectivity index is 1.32. The van der Waals surface area contributed by atoms with E-state index in [2.05, 4.69) is 233 Å². The molecule has 279 valence electrons. The van der Waals surface area contributed by atoms with Crippen LogP contribution in [-0.2, 0) is 11.8 Å². The number of fused-ring (bicyclic) bond motifs is 3. The Labute approximate surface area is 342 Å². The fraction of sp³-hybridized carbons (Fsp3) is 0.127. The minimum atomic E-state index is -1.87. The molecule has 2 heteroatoms. The zero-order valence-corrected chi connectivity index (χ0v) is 34.9. The van der Waals surface area contributed by atoms with Crippen molar-refractivity contribution in [3.63, 3.8) is 0 Å². The van der Waals surface area contributed by atoms with Gasteiger partial charge in [0.1, 0.15) is 0 Å². The first-order valence-electron chi connectivity index (χ1n) is 20.3. The summed E-state index contributed by atoms with van der Waals surface area (Å²) in [5.41, 5.74) is 8.50. The molecular formula is C55H49SSi. The smallest absolute Gasteiger partial charge is 0.133 e. The minimum Gasteiger partial charge on any atom is -0.133 e. The zero-order valence-electron chi connectivity index (χ0n) is 33.1. The maximum atomic E-state index is 2.61. The molecule has 0 saturated heterocycles. The van der Waals surface area contributed by atoms with Gasteiger partial charge in [0.15, 0.2) is 8.80 Å². The molecule has 0 aromatic heterocycles. The lowest BCUT2D eigenvalue weighted by molar-refractivity contribution is 0.589. The highest BCUT2D eigenvalue weighted by atomic mass is 32.3. The predicted octanol–water partition coefficient (Wildman–Crippen LogP) is 12.6. The standard InChI is InChI=1S/C55H49SSi/c1-55(2,3)43-33-29-41(30-34-43)51-37-32-42-31-36-50(57(48-25-15-7-16-26-48)49-27-17-8-18-28-49)40-53(42)54-39-47(35-38-52(51)54)56(44-19-9-4-10-20-44,45-21-11-5-12-22-45)46-23-13-6-14-24-46/h4-31,33-36,38-40,51H,32,37H2,1-3H3. The van der Waals surface area contributed by atoms with Crippen LogP contribution in [-0.4, -0.2) is 8.80 Å². The van der Waals surface area contributed by atoms with Gasteiger partial charge in [-0.15, -0.1) is 10.0 Å². The van der Waals surface area contributed by atoms with Crippen LogP contribution in [0.15, 0.2) is 232 Å². The minimum absolute atomic E-state index is 0.108. The Hall–Kier alpha value is -5.67. The molecule has 1 unspecified atom stereocenters. The van der Waals surface area contributed by atoms with Gasteiger partial charge in [-0.3, -0.25) is 0 Å². The van der Waals surface area contributed by atoms with E-state index < -0.39 is 18.8 Å². The number of rotatable bonds is 8. The third kappa shape index (κ3) is 7.03. The van der Waals surface area contributed by atoms with E-state index in [0.717, 1.165) is 12.8 Å². The molecule has 8 aromatic rings. The molecule has 9 rings (SSSR count). The van der Waals surface area contributed by atoms with Crippen LogP contribution in [0.5, 0.6) is 0 Å². The van der Waals surface area contributed by atoms with Gasteiger partial charge in [0.05, 0.1) is 0 Å². The number of hydrogen-bond donors (Lipinski definition) is 0. The monoisotopic (exact) mass is 769 g/mol. The summed E-state index contributed by atoms with van der Waals surface area (Å²) in [5.74, 6) is 0.279. The number of aryl methyl sites for hydroxylation is 1. The molecule has 8 aromatic carbocycles. The molecule has 0 bridgehead atoms. The molecule has 1 atom stereocenters. The molecule has 0 aliphatic heterocycles. The van der Waals surface area contributed by atoms with Crippen molar-refractivity contribution in [1.82, 2.24) is 0 Å². The summed E-state index contributed by atoms with van der Waals surface area (Å²) in [6.45, 7) is 6.92. The van der Waals surface area contributed by atoms with Crippen molar-refractivity contribution in [2.75, 3.05) is 0 Å². The number of hydrogen-bond acceptors (Lipinski definition) is 0. The summed E-state index contributed by atoms with van der Waals surface area (Å²) in [6, 6.07) is 80.8. The van der Waals surface area contributed by atoms with Crippen LogP contribution in [0.25, 0.3) is 11.1 Å². The van der Waals surface area contributed by atoms with Crippen molar-refractivity contribution in [2.45, 2.75) is 64.5 Å². The molecule has 0 saturated carbocycles. The maximum absolute atomic E-state index is 2.61. The highest BCUT2D eigenvalue weighted by Gasteiger charge is 2.35. The lowest BCUT2D eigenvalue weighted by atomic mass is 9.82. The van der Waals surface area contributed by atoms with Crippen molar-refractivity contribution in [3.8, 4) is 11.1 Å². The van der Waals surface area contributed by atoms with Crippen LogP contribution >= 0.6 is 10.0 Å². The van der Waals surface area contributed by atoms with E-state index in [1.54, 1.807) is 0 Å². The first-order chi connectivity index (χ1) is 27.9. The number of benzene rings is 8. The van der Waals surface area contributed by atoms with Crippen molar-refractivity contribution in [3.05, 3.63) is 235 Å². The van der Waals surface area contributed by atoms with Gasteiger partial charge in [-0.25, -0.2) is 0 Å². The average Bonchev–Trinajstić information content (AvgIpc) is 3.42. The zero-order chi connectivity index (χ0) is 38.8. The Morgan fingerprint density at radius 3 is 1.42 bits per heavy atom. The van der Waals surface area contributed by atoms with Crippen LogP contribution < -0.4 is 15.6 Å². The molecule has 0 amide bonds. The fourth-order valence-electron chi connectivity index (χ4n) is 8.88. The molecule has 57 heavy (non-hydrogen) atoms. The Morgan fingerprint density at radius 2 is 0.930 bits per heavy atom. The van der Waals surface area contributed by atoms with Crippen LogP contribution in [0.3, 0.4) is 0 Å². The normalized spacial score (nSPS) is 14.4. The second-order valence-corrected chi connectivity index (χ2v) is 21.8. The summed E-state index contributed by atoms with van der Waals surface area (Å²) in [4.78, 5) is 5.40. The van der Waals surface area contributed by atoms with Gasteiger partial charge < -0.3 is 0 Å². The molecule has 0 fully saturated rings. The average molecular weight is 770 g/mol. The van der Waals surface area contributed by atoms with E-state index in [-0.39, 0.29) is 11.3 Å². The molecule has 1 aliphatic carbocycles. The van der Waals surface area contributed by atoms with Gasteiger partial charge >= 0.3 is 0 Å². The lowest BCUT2D eigenvalue weighted by Crippen LogP contribution is -2.51. The molecular weight excluding hydrogens is 721 g/mol. The van der Waals surface area contributed by atoms with Gasteiger partial charge in [0, 0.05) is 25.5 Å². The van der Waals surface area contributed by atoms with Gasteiger partial charge in [-0.05, 0) is 105 Å². The van der Waals surface area contributed by atoms with Crippen LogP contribution in [0.2, 0.25) is 0 Å². The van der Waals surface area contributed by atoms with E-state index in [0.29, 0.717) is 0 Å². The van der Waals surface area contributed by atoms with Gasteiger partial charge in [0.25, 0.3) is 0 Å². The van der Waals surface area contributed by atoms with Crippen LogP contribution in [0.4, 0.5) is 0 Å². The molecule has 0 N–H and O–H groups in total. The predicted molar refractivity (Wildman–Crippen MR) is 245 cm³/mol. The lowest BCUT2D eigenvalue weighted by Gasteiger charge is -2.42. The van der Waals surface area contributed by atoms with Crippen molar-refractivity contribution in [1.29, 1.82) is 0 Å². The summed E-state index contributed by atoms with van der Waals surface area (Å²) in [6.07, 6.45) is 2.09. The van der Waals surface area contributed by atoms with Crippen LogP contribution in [0, 0.1) is 0 Å². The molecule has 0 spiro atoms. The molecule has 0 nitrogen and oxygen atoms in total. The molecule has 1 radical (unpaired) electrons. The Morgan fingerprint density at radius 1 is 0.439 bits per heavy atom.